The van der Waals surface area contributed by atoms with Crippen LogP contribution in [0.4, 0.5) is 0 Å². The van der Waals surface area contributed by atoms with Crippen molar-refractivity contribution in [3.8, 4) is 11.3 Å². The molecule has 0 spiro atoms. The number of aromatic nitrogens is 2. The summed E-state index contributed by atoms with van der Waals surface area (Å²) in [5.74, 6) is 0.576. The molecule has 0 unspecified atom stereocenters. The first kappa shape index (κ1) is 19.7. The summed E-state index contributed by atoms with van der Waals surface area (Å²) in [4.78, 5) is 23.3. The van der Waals surface area contributed by atoms with Gasteiger partial charge < -0.3 is 10.0 Å². The molecule has 28 heavy (non-hydrogen) atoms. The number of likely N-dealkylation sites (N-methyl/N-ethyl adjacent to an activating group) is 1. The van der Waals surface area contributed by atoms with Gasteiger partial charge in [0.15, 0.2) is 0 Å². The fraction of sp³-hybridized carbons (Fsp3) is 0.261. The number of amides is 1. The van der Waals surface area contributed by atoms with Crippen LogP contribution in [0.5, 0.6) is 0 Å². The molecule has 0 saturated heterocycles. The summed E-state index contributed by atoms with van der Waals surface area (Å²) in [7, 11) is 1.70. The molecular formula is C23H25N3O2. The van der Waals surface area contributed by atoms with Gasteiger partial charge in [-0.15, -0.1) is 0 Å². The van der Waals surface area contributed by atoms with Gasteiger partial charge in [-0.3, -0.25) is 4.79 Å². The van der Waals surface area contributed by atoms with Crippen molar-refractivity contribution in [2.24, 2.45) is 0 Å². The molecule has 1 heterocycles. The van der Waals surface area contributed by atoms with Gasteiger partial charge in [-0.2, -0.15) is 0 Å². The zero-order valence-electron chi connectivity index (χ0n) is 16.5. The minimum absolute atomic E-state index is 0.140. The van der Waals surface area contributed by atoms with E-state index in [0.29, 0.717) is 11.4 Å². The van der Waals surface area contributed by atoms with Crippen LogP contribution in [-0.4, -0.2) is 39.5 Å². The molecule has 1 N–H and O–H groups in total. The Labute approximate surface area is 165 Å². The zero-order valence-corrected chi connectivity index (χ0v) is 16.5. The summed E-state index contributed by atoms with van der Waals surface area (Å²) in [6.45, 7) is 4.15. The van der Waals surface area contributed by atoms with Crippen LogP contribution in [-0.2, 0) is 6.42 Å². The average molecular weight is 375 g/mol. The predicted molar refractivity (Wildman–Crippen MR) is 110 cm³/mol. The van der Waals surface area contributed by atoms with Crippen molar-refractivity contribution >= 4 is 5.91 Å². The Morgan fingerprint density at radius 1 is 1.07 bits per heavy atom. The molecule has 0 radical (unpaired) electrons. The largest absolute Gasteiger partial charge is 0.387 e. The number of carbonyl (C=O) groups is 1. The number of nitrogens with zero attached hydrogens (tertiary/aromatic N) is 3. The zero-order chi connectivity index (χ0) is 20.1. The van der Waals surface area contributed by atoms with E-state index in [2.05, 4.69) is 16.9 Å². The summed E-state index contributed by atoms with van der Waals surface area (Å²) in [5, 5.41) is 10.4. The average Bonchev–Trinajstić information content (AvgIpc) is 2.73. The summed E-state index contributed by atoms with van der Waals surface area (Å²) >= 11 is 0. The number of aryl methyl sites for hydroxylation is 2. The standard InChI is InChI=1S/C23H25N3O2/c1-4-20-14-21(25-16(2)24-20)18-11-8-12-19(13-18)23(28)26(3)15-22(27)17-9-6-5-7-10-17/h5-14,22,27H,4,15H2,1-3H3/t22-/m1/s1. The highest BCUT2D eigenvalue weighted by molar-refractivity contribution is 5.95. The van der Waals surface area contributed by atoms with Crippen molar-refractivity contribution in [3.05, 3.63) is 83.3 Å². The number of carbonyl (C=O) groups excluding carboxylic acids is 1. The van der Waals surface area contributed by atoms with E-state index in [9.17, 15) is 9.90 Å². The lowest BCUT2D eigenvalue weighted by Crippen LogP contribution is -2.31. The molecule has 1 aromatic heterocycles. The van der Waals surface area contributed by atoms with E-state index < -0.39 is 6.10 Å². The third kappa shape index (κ3) is 4.61. The molecule has 0 saturated carbocycles. The molecule has 0 aliphatic heterocycles. The maximum atomic E-state index is 12.9. The van der Waals surface area contributed by atoms with Gasteiger partial charge in [-0.05, 0) is 37.1 Å². The monoisotopic (exact) mass is 375 g/mol. The highest BCUT2D eigenvalue weighted by atomic mass is 16.3. The van der Waals surface area contributed by atoms with Gasteiger partial charge in [-0.1, -0.05) is 49.4 Å². The Kier molecular flexibility index (Phi) is 6.16. The van der Waals surface area contributed by atoms with Crippen LogP contribution < -0.4 is 0 Å². The molecule has 5 nitrogen and oxygen atoms in total. The Morgan fingerprint density at radius 3 is 2.54 bits per heavy atom. The Bertz CT molecular complexity index is 957. The van der Waals surface area contributed by atoms with E-state index in [1.807, 2.05) is 61.5 Å². The van der Waals surface area contributed by atoms with E-state index in [-0.39, 0.29) is 12.5 Å². The van der Waals surface area contributed by atoms with Gasteiger partial charge in [-0.25, -0.2) is 9.97 Å². The smallest absolute Gasteiger partial charge is 0.253 e. The summed E-state index contributed by atoms with van der Waals surface area (Å²) in [5.41, 5.74) is 4.02. The van der Waals surface area contributed by atoms with Crippen LogP contribution in [0.3, 0.4) is 0 Å². The van der Waals surface area contributed by atoms with Crippen LogP contribution in [0.25, 0.3) is 11.3 Å². The Morgan fingerprint density at radius 2 is 1.82 bits per heavy atom. The molecule has 2 aromatic carbocycles. The van der Waals surface area contributed by atoms with Crippen LogP contribution in [0.2, 0.25) is 0 Å². The lowest BCUT2D eigenvalue weighted by atomic mass is 10.1. The van der Waals surface area contributed by atoms with Crippen LogP contribution in [0.15, 0.2) is 60.7 Å². The number of hydrogen-bond donors (Lipinski definition) is 1. The van der Waals surface area contributed by atoms with Crippen molar-refractivity contribution in [3.63, 3.8) is 0 Å². The maximum Gasteiger partial charge on any atom is 0.253 e. The molecule has 3 aromatic rings. The Hall–Kier alpha value is -3.05. The molecule has 3 rings (SSSR count). The minimum atomic E-state index is -0.727. The molecule has 0 aliphatic carbocycles. The van der Waals surface area contributed by atoms with Crippen molar-refractivity contribution in [1.82, 2.24) is 14.9 Å². The number of hydrogen-bond acceptors (Lipinski definition) is 4. The van der Waals surface area contributed by atoms with Crippen molar-refractivity contribution in [2.75, 3.05) is 13.6 Å². The van der Waals surface area contributed by atoms with Crippen LogP contribution in [0, 0.1) is 6.92 Å². The molecule has 144 valence electrons. The molecule has 1 amide bonds. The molecular weight excluding hydrogens is 350 g/mol. The first-order valence-electron chi connectivity index (χ1n) is 9.41. The first-order chi connectivity index (χ1) is 13.5. The number of aliphatic hydroxyl groups excluding tert-OH is 1. The first-order valence-corrected chi connectivity index (χ1v) is 9.41. The maximum absolute atomic E-state index is 12.9. The molecule has 0 bridgehead atoms. The van der Waals surface area contributed by atoms with Gasteiger partial charge >= 0.3 is 0 Å². The molecule has 0 fully saturated rings. The quantitative estimate of drug-likeness (QED) is 0.711. The van der Waals surface area contributed by atoms with Crippen LogP contribution >= 0.6 is 0 Å². The highest BCUT2D eigenvalue weighted by Crippen LogP contribution is 2.21. The van der Waals surface area contributed by atoms with Gasteiger partial charge in [0, 0.05) is 23.9 Å². The summed E-state index contributed by atoms with van der Waals surface area (Å²) < 4.78 is 0. The number of rotatable bonds is 6. The SMILES string of the molecule is CCc1cc(-c2cccc(C(=O)N(C)C[C@@H](O)c3ccccc3)c2)nc(C)n1. The van der Waals surface area contributed by atoms with Gasteiger partial charge in [0.25, 0.3) is 5.91 Å². The van der Waals surface area contributed by atoms with Gasteiger partial charge in [0.05, 0.1) is 18.3 Å². The molecule has 1 atom stereocenters. The predicted octanol–water partition coefficient (Wildman–Crippen LogP) is 3.82. The second kappa shape index (κ2) is 8.76. The van der Waals surface area contributed by atoms with Gasteiger partial charge in [0.1, 0.15) is 5.82 Å². The van der Waals surface area contributed by atoms with E-state index in [0.717, 1.165) is 28.9 Å². The second-order valence-electron chi connectivity index (χ2n) is 6.84. The third-order valence-electron chi connectivity index (χ3n) is 4.64. The topological polar surface area (TPSA) is 66.3 Å². The lowest BCUT2D eigenvalue weighted by Gasteiger charge is -2.21. The number of benzene rings is 2. The minimum Gasteiger partial charge on any atom is -0.387 e. The fourth-order valence-electron chi connectivity index (χ4n) is 3.11. The van der Waals surface area contributed by atoms with E-state index in [1.165, 1.54) is 0 Å². The number of aliphatic hydroxyl groups is 1. The molecule has 0 aliphatic rings. The third-order valence-corrected chi connectivity index (χ3v) is 4.64. The second-order valence-corrected chi connectivity index (χ2v) is 6.84. The summed E-state index contributed by atoms with van der Waals surface area (Å²) in [6.07, 6.45) is 0.102. The lowest BCUT2D eigenvalue weighted by molar-refractivity contribution is 0.0681. The van der Waals surface area contributed by atoms with Crippen molar-refractivity contribution < 1.29 is 9.90 Å². The molecule has 5 heteroatoms. The van der Waals surface area contributed by atoms with E-state index in [1.54, 1.807) is 18.0 Å². The van der Waals surface area contributed by atoms with Gasteiger partial charge in [0.2, 0.25) is 0 Å². The Balaban J connectivity index is 1.79. The highest BCUT2D eigenvalue weighted by Gasteiger charge is 2.17. The van der Waals surface area contributed by atoms with E-state index >= 15 is 0 Å². The summed E-state index contributed by atoms with van der Waals surface area (Å²) in [6, 6.07) is 18.7. The van der Waals surface area contributed by atoms with Crippen LogP contribution in [0.1, 0.15) is 40.5 Å². The normalized spacial score (nSPS) is 11.9. The van der Waals surface area contributed by atoms with Crippen molar-refractivity contribution in [2.45, 2.75) is 26.4 Å². The van der Waals surface area contributed by atoms with Crippen molar-refractivity contribution in [1.29, 1.82) is 0 Å². The fourth-order valence-corrected chi connectivity index (χ4v) is 3.11. The van der Waals surface area contributed by atoms with E-state index in [4.69, 9.17) is 0 Å².